The number of nitrogens with one attached hydrogen (secondary N) is 1. The van der Waals surface area contributed by atoms with Gasteiger partial charge in [-0.3, -0.25) is 0 Å². The summed E-state index contributed by atoms with van der Waals surface area (Å²) in [5.41, 5.74) is 0.846. The van der Waals surface area contributed by atoms with Gasteiger partial charge in [0.1, 0.15) is 0 Å². The Morgan fingerprint density at radius 1 is 1.33 bits per heavy atom. The minimum atomic E-state index is -3.10. The van der Waals surface area contributed by atoms with E-state index in [9.17, 15) is 8.42 Å². The first-order valence-electron chi connectivity index (χ1n) is 5.55. The normalized spacial score (nSPS) is 15.4. The molecule has 18 heavy (non-hydrogen) atoms. The summed E-state index contributed by atoms with van der Waals surface area (Å²) in [7, 11) is -1.35. The third-order valence-electron chi connectivity index (χ3n) is 3.06. The van der Waals surface area contributed by atoms with Crippen LogP contribution in [0.25, 0.3) is 0 Å². The molecule has 1 aromatic carbocycles. The summed E-state index contributed by atoms with van der Waals surface area (Å²) in [6, 6.07) is 5.00. The van der Waals surface area contributed by atoms with Gasteiger partial charge < -0.3 is 5.32 Å². The van der Waals surface area contributed by atoms with Gasteiger partial charge in [0, 0.05) is 22.3 Å². The molecule has 2 atom stereocenters. The first kappa shape index (κ1) is 15.8. The molecule has 0 bridgehead atoms. The molecule has 1 aromatic rings. The van der Waals surface area contributed by atoms with E-state index in [2.05, 4.69) is 5.32 Å². The smallest absolute Gasteiger partial charge is 0.151 e. The summed E-state index contributed by atoms with van der Waals surface area (Å²) in [5, 5.41) is 3.73. The molecule has 0 heterocycles. The number of likely N-dealkylation sites (N-methyl/N-ethyl adjacent to an activating group) is 1. The van der Waals surface area contributed by atoms with Crippen LogP contribution >= 0.6 is 23.2 Å². The predicted octanol–water partition coefficient (Wildman–Crippen LogP) is 2.56. The largest absolute Gasteiger partial charge is 0.315 e. The molecule has 0 amide bonds. The minimum absolute atomic E-state index is 0.198. The zero-order valence-corrected chi connectivity index (χ0v) is 12.9. The van der Waals surface area contributed by atoms with Crippen LogP contribution in [-0.4, -0.2) is 33.0 Å². The second-order valence-electron chi connectivity index (χ2n) is 4.37. The molecular formula is C12H17Cl2NO2S. The quantitative estimate of drug-likeness (QED) is 0.909. The average molecular weight is 310 g/mol. The lowest BCUT2D eigenvalue weighted by atomic mass is 10.0. The average Bonchev–Trinajstić information content (AvgIpc) is 2.28. The number of hydrogen-bond acceptors (Lipinski definition) is 3. The Balaban J connectivity index is 2.96. The zero-order chi connectivity index (χ0) is 13.9. The Bertz CT molecular complexity index is 517. The predicted molar refractivity (Wildman–Crippen MR) is 77.3 cm³/mol. The molecule has 0 fully saturated rings. The van der Waals surface area contributed by atoms with E-state index in [1.807, 2.05) is 0 Å². The second-order valence-corrected chi connectivity index (χ2v) is 7.62. The Morgan fingerprint density at radius 3 is 2.44 bits per heavy atom. The molecule has 0 spiro atoms. The van der Waals surface area contributed by atoms with E-state index in [0.29, 0.717) is 16.5 Å². The first-order chi connectivity index (χ1) is 8.25. The SMILES string of the molecule is CNC(Cc1cc(Cl)ccc1Cl)C(C)S(C)(=O)=O. The van der Waals surface area contributed by atoms with Crippen LogP contribution in [0.15, 0.2) is 18.2 Å². The maximum absolute atomic E-state index is 11.6. The standard InChI is InChI=1S/C12H17Cl2NO2S/c1-8(18(3,16)17)12(15-2)7-9-6-10(13)4-5-11(9)14/h4-6,8,12,15H,7H2,1-3H3. The summed E-state index contributed by atoms with van der Waals surface area (Å²) in [6.07, 6.45) is 1.76. The van der Waals surface area contributed by atoms with E-state index in [4.69, 9.17) is 23.2 Å². The van der Waals surface area contributed by atoms with Gasteiger partial charge in [-0.1, -0.05) is 23.2 Å². The Hall–Kier alpha value is -0.290. The van der Waals surface area contributed by atoms with Crippen LogP contribution in [0.1, 0.15) is 12.5 Å². The van der Waals surface area contributed by atoms with Gasteiger partial charge in [0.2, 0.25) is 0 Å². The maximum atomic E-state index is 11.6. The first-order valence-corrected chi connectivity index (χ1v) is 8.26. The molecule has 1 N–H and O–H groups in total. The summed E-state index contributed by atoms with van der Waals surface area (Å²) in [4.78, 5) is 0. The lowest BCUT2D eigenvalue weighted by Gasteiger charge is -2.22. The fraction of sp³-hybridized carbons (Fsp3) is 0.500. The highest BCUT2D eigenvalue weighted by molar-refractivity contribution is 7.91. The van der Waals surface area contributed by atoms with Crippen LogP contribution in [0, 0.1) is 0 Å². The fourth-order valence-corrected chi connectivity index (χ4v) is 2.96. The molecule has 0 aliphatic heterocycles. The van der Waals surface area contributed by atoms with Gasteiger partial charge in [-0.25, -0.2) is 8.42 Å². The fourth-order valence-electron chi connectivity index (χ4n) is 1.74. The second kappa shape index (κ2) is 6.24. The van der Waals surface area contributed by atoms with Gasteiger partial charge >= 0.3 is 0 Å². The Labute approximate surface area is 118 Å². The molecule has 2 unspecified atom stereocenters. The van der Waals surface area contributed by atoms with Crippen LogP contribution in [0.5, 0.6) is 0 Å². The molecule has 102 valence electrons. The van der Waals surface area contributed by atoms with E-state index < -0.39 is 15.1 Å². The summed E-state index contributed by atoms with van der Waals surface area (Å²) < 4.78 is 23.1. The van der Waals surface area contributed by atoms with Gasteiger partial charge in [-0.2, -0.15) is 0 Å². The van der Waals surface area contributed by atoms with Gasteiger partial charge in [-0.15, -0.1) is 0 Å². The number of rotatable bonds is 5. The van der Waals surface area contributed by atoms with Gasteiger partial charge in [0.25, 0.3) is 0 Å². The molecule has 6 heteroatoms. The lowest BCUT2D eigenvalue weighted by molar-refractivity contribution is 0.516. The number of benzene rings is 1. The summed E-state index contributed by atoms with van der Waals surface area (Å²) in [5.74, 6) is 0. The van der Waals surface area contributed by atoms with Crippen molar-refractivity contribution in [3.05, 3.63) is 33.8 Å². The monoisotopic (exact) mass is 309 g/mol. The minimum Gasteiger partial charge on any atom is -0.315 e. The van der Waals surface area contributed by atoms with Crippen molar-refractivity contribution < 1.29 is 8.42 Å². The molecule has 0 saturated carbocycles. The summed E-state index contributed by atoms with van der Waals surface area (Å²) >= 11 is 12.0. The van der Waals surface area contributed by atoms with E-state index in [0.717, 1.165) is 5.56 Å². The lowest BCUT2D eigenvalue weighted by Crippen LogP contribution is -2.42. The molecule has 1 rings (SSSR count). The highest BCUT2D eigenvalue weighted by Crippen LogP contribution is 2.23. The van der Waals surface area contributed by atoms with Gasteiger partial charge in [0.05, 0.1) is 5.25 Å². The van der Waals surface area contributed by atoms with E-state index >= 15 is 0 Å². The molecule has 0 aromatic heterocycles. The molecular weight excluding hydrogens is 293 g/mol. The van der Waals surface area contributed by atoms with Crippen molar-refractivity contribution in [2.24, 2.45) is 0 Å². The van der Waals surface area contributed by atoms with Crippen LogP contribution < -0.4 is 5.32 Å². The highest BCUT2D eigenvalue weighted by Gasteiger charge is 2.25. The Morgan fingerprint density at radius 2 is 1.94 bits per heavy atom. The van der Waals surface area contributed by atoms with Gasteiger partial charge in [-0.05, 0) is 44.2 Å². The van der Waals surface area contributed by atoms with Crippen LogP contribution in [0.4, 0.5) is 0 Å². The number of halogens is 2. The third kappa shape index (κ3) is 4.12. The van der Waals surface area contributed by atoms with Crippen molar-refractivity contribution in [3.63, 3.8) is 0 Å². The molecule has 0 aliphatic carbocycles. The van der Waals surface area contributed by atoms with Crippen molar-refractivity contribution in [3.8, 4) is 0 Å². The van der Waals surface area contributed by atoms with Gasteiger partial charge in [0.15, 0.2) is 9.84 Å². The van der Waals surface area contributed by atoms with Crippen molar-refractivity contribution in [2.45, 2.75) is 24.6 Å². The van der Waals surface area contributed by atoms with E-state index in [-0.39, 0.29) is 6.04 Å². The van der Waals surface area contributed by atoms with E-state index in [1.54, 1.807) is 32.2 Å². The van der Waals surface area contributed by atoms with Crippen LogP contribution in [0.3, 0.4) is 0 Å². The van der Waals surface area contributed by atoms with Crippen LogP contribution in [-0.2, 0) is 16.3 Å². The van der Waals surface area contributed by atoms with Crippen molar-refractivity contribution in [1.82, 2.24) is 5.32 Å². The van der Waals surface area contributed by atoms with E-state index in [1.165, 1.54) is 6.26 Å². The Kier molecular flexibility index (Phi) is 5.46. The zero-order valence-electron chi connectivity index (χ0n) is 10.6. The topological polar surface area (TPSA) is 46.2 Å². The number of sulfone groups is 1. The highest BCUT2D eigenvalue weighted by atomic mass is 35.5. The van der Waals surface area contributed by atoms with Crippen LogP contribution in [0.2, 0.25) is 10.0 Å². The molecule has 0 radical (unpaired) electrons. The third-order valence-corrected chi connectivity index (χ3v) is 5.34. The van der Waals surface area contributed by atoms with Crippen molar-refractivity contribution in [1.29, 1.82) is 0 Å². The summed E-state index contributed by atoms with van der Waals surface area (Å²) in [6.45, 7) is 1.69. The molecule has 0 saturated heterocycles. The number of hydrogen-bond donors (Lipinski definition) is 1. The molecule has 0 aliphatic rings. The van der Waals surface area contributed by atoms with Crippen molar-refractivity contribution in [2.75, 3.05) is 13.3 Å². The maximum Gasteiger partial charge on any atom is 0.151 e. The molecule has 3 nitrogen and oxygen atoms in total. The van der Waals surface area contributed by atoms with Crippen molar-refractivity contribution >= 4 is 33.0 Å².